The number of anilines is 2. The first-order valence-corrected chi connectivity index (χ1v) is 14.8. The highest BCUT2D eigenvalue weighted by Crippen LogP contribution is 2.33. The van der Waals surface area contributed by atoms with E-state index in [-0.39, 0.29) is 10.8 Å². The Hall–Kier alpha value is -3.43. The van der Waals surface area contributed by atoms with Gasteiger partial charge in [-0.3, -0.25) is 9.10 Å². The number of piperazine rings is 1. The van der Waals surface area contributed by atoms with Crippen LogP contribution in [0.1, 0.15) is 28.4 Å². The second kappa shape index (κ2) is 9.46. The van der Waals surface area contributed by atoms with Crippen molar-refractivity contribution in [2.45, 2.75) is 24.7 Å². The topological polar surface area (TPSA) is 73.8 Å². The van der Waals surface area contributed by atoms with Gasteiger partial charge in [0, 0.05) is 38.3 Å². The largest absolute Gasteiger partial charge is 0.345 e. The van der Waals surface area contributed by atoms with Crippen LogP contribution < -0.4 is 9.21 Å². The molecule has 3 heterocycles. The third-order valence-electron chi connectivity index (χ3n) is 7.24. The summed E-state index contributed by atoms with van der Waals surface area (Å²) in [6, 6.07) is 20.3. The summed E-state index contributed by atoms with van der Waals surface area (Å²) in [5.74, 6) is -0.0762. The van der Waals surface area contributed by atoms with Gasteiger partial charge in [-0.2, -0.15) is 0 Å². The van der Waals surface area contributed by atoms with Crippen molar-refractivity contribution in [3.05, 3.63) is 83.4 Å². The highest BCUT2D eigenvalue weighted by atomic mass is 32.2. The number of aromatic nitrogens is 1. The fourth-order valence-electron chi connectivity index (χ4n) is 5.15. The maximum Gasteiger partial charge on any atom is 0.264 e. The molecule has 1 saturated heterocycles. The molecule has 0 spiro atoms. The molecular weight excluding hydrogens is 504 g/mol. The molecular formula is C28H28N4O3S2. The summed E-state index contributed by atoms with van der Waals surface area (Å²) >= 11 is 1.70. The van der Waals surface area contributed by atoms with Crippen LogP contribution in [0, 0.1) is 0 Å². The lowest BCUT2D eigenvalue weighted by atomic mass is 10.1. The van der Waals surface area contributed by atoms with Crippen molar-refractivity contribution in [1.29, 1.82) is 0 Å². The van der Waals surface area contributed by atoms with Crippen LogP contribution in [-0.2, 0) is 22.9 Å². The molecule has 1 fully saturated rings. The van der Waals surface area contributed by atoms with E-state index in [1.54, 1.807) is 35.6 Å². The van der Waals surface area contributed by atoms with Gasteiger partial charge in [0.1, 0.15) is 0 Å². The Labute approximate surface area is 221 Å². The Morgan fingerprint density at radius 2 is 1.68 bits per heavy atom. The Balaban J connectivity index is 1.13. The molecule has 0 saturated carbocycles. The Bertz CT molecular complexity index is 1570. The maximum absolute atomic E-state index is 13.3. The van der Waals surface area contributed by atoms with E-state index in [0.717, 1.165) is 28.3 Å². The summed E-state index contributed by atoms with van der Waals surface area (Å²) in [6.45, 7) is 5.20. The van der Waals surface area contributed by atoms with Gasteiger partial charge in [0.2, 0.25) is 0 Å². The van der Waals surface area contributed by atoms with Gasteiger partial charge in [-0.05, 0) is 60.4 Å². The van der Waals surface area contributed by atoms with Gasteiger partial charge in [-0.15, -0.1) is 0 Å². The number of hydrogen-bond donors (Lipinski definition) is 0. The lowest BCUT2D eigenvalue weighted by Gasteiger charge is -2.34. The average molecular weight is 533 g/mol. The Morgan fingerprint density at radius 1 is 0.919 bits per heavy atom. The van der Waals surface area contributed by atoms with E-state index in [1.807, 2.05) is 29.2 Å². The number of amides is 1. The van der Waals surface area contributed by atoms with E-state index in [9.17, 15) is 13.2 Å². The molecule has 1 amide bonds. The first kappa shape index (κ1) is 23.9. The van der Waals surface area contributed by atoms with Crippen molar-refractivity contribution in [1.82, 2.24) is 9.88 Å². The number of carbonyl (C=O) groups excluding carboxylic acids is 1. The van der Waals surface area contributed by atoms with Crippen LogP contribution in [0.5, 0.6) is 0 Å². The molecule has 9 heteroatoms. The lowest BCUT2D eigenvalue weighted by Crippen LogP contribution is -2.48. The molecule has 6 rings (SSSR count). The number of fused-ring (bicyclic) bond motifs is 2. The van der Waals surface area contributed by atoms with E-state index in [4.69, 9.17) is 4.98 Å². The molecule has 2 aliphatic rings. The molecule has 37 heavy (non-hydrogen) atoms. The molecule has 3 aromatic carbocycles. The van der Waals surface area contributed by atoms with Gasteiger partial charge >= 0.3 is 0 Å². The summed E-state index contributed by atoms with van der Waals surface area (Å²) in [5.41, 5.74) is 4.61. The normalized spacial score (nSPS) is 15.9. The number of hydrogen-bond acceptors (Lipinski definition) is 6. The van der Waals surface area contributed by atoms with E-state index in [1.165, 1.54) is 14.6 Å². The quantitative estimate of drug-likeness (QED) is 0.376. The van der Waals surface area contributed by atoms with Crippen LogP contribution in [-0.4, -0.2) is 56.9 Å². The zero-order valence-electron chi connectivity index (χ0n) is 20.6. The second-order valence-electron chi connectivity index (χ2n) is 9.37. The lowest BCUT2D eigenvalue weighted by molar-refractivity contribution is 0.0746. The van der Waals surface area contributed by atoms with Crippen molar-refractivity contribution >= 4 is 48.3 Å². The number of benzene rings is 3. The number of thiazole rings is 1. The minimum Gasteiger partial charge on any atom is -0.345 e. The summed E-state index contributed by atoms with van der Waals surface area (Å²) in [5, 5.41) is 1.00. The van der Waals surface area contributed by atoms with Crippen LogP contribution in [0.15, 0.2) is 71.6 Å². The number of sulfonamides is 1. The fourth-order valence-corrected chi connectivity index (χ4v) is 7.72. The average Bonchev–Trinajstić information content (AvgIpc) is 3.58. The third kappa shape index (κ3) is 4.26. The number of para-hydroxylation sites is 2. The Morgan fingerprint density at radius 3 is 2.43 bits per heavy atom. The Kier molecular flexibility index (Phi) is 6.12. The molecule has 0 radical (unpaired) electrons. The van der Waals surface area contributed by atoms with Crippen LogP contribution in [0.2, 0.25) is 0 Å². The van der Waals surface area contributed by atoms with Crippen LogP contribution in [0.25, 0.3) is 10.2 Å². The molecule has 190 valence electrons. The standard InChI is InChI=1S/C28H28N4O3S2/c1-2-20-7-5-9-25-26(20)29-28(36-25)31-18-16-30(17-19-31)27(33)22-10-12-23(13-11-22)37(34,35)32-15-14-21-6-3-4-8-24(21)32/h3-13H,2,14-19H2,1H3. The smallest absolute Gasteiger partial charge is 0.264 e. The maximum atomic E-state index is 13.3. The van der Waals surface area contributed by atoms with Gasteiger partial charge < -0.3 is 9.80 Å². The molecule has 4 aromatic rings. The van der Waals surface area contributed by atoms with Crippen molar-refractivity contribution in [2.75, 3.05) is 41.9 Å². The SMILES string of the molecule is CCc1cccc2sc(N3CCN(C(=O)c4ccc(S(=O)(=O)N5CCc6ccccc65)cc4)CC3)nc12. The van der Waals surface area contributed by atoms with Crippen molar-refractivity contribution < 1.29 is 13.2 Å². The predicted octanol–water partition coefficient (Wildman–Crippen LogP) is 4.57. The molecule has 7 nitrogen and oxygen atoms in total. The highest BCUT2D eigenvalue weighted by molar-refractivity contribution is 7.92. The number of aryl methyl sites for hydroxylation is 1. The molecule has 0 atom stereocenters. The van der Waals surface area contributed by atoms with Crippen molar-refractivity contribution in [3.63, 3.8) is 0 Å². The van der Waals surface area contributed by atoms with E-state index in [2.05, 4.69) is 30.0 Å². The van der Waals surface area contributed by atoms with Crippen molar-refractivity contribution in [3.8, 4) is 0 Å². The van der Waals surface area contributed by atoms with Crippen LogP contribution in [0.4, 0.5) is 10.8 Å². The first-order chi connectivity index (χ1) is 18.0. The summed E-state index contributed by atoms with van der Waals surface area (Å²) in [6.07, 6.45) is 1.66. The number of rotatable bonds is 5. The fraction of sp³-hybridized carbons (Fsp3) is 0.286. The zero-order chi connectivity index (χ0) is 25.6. The second-order valence-corrected chi connectivity index (χ2v) is 12.2. The van der Waals surface area contributed by atoms with Gasteiger partial charge in [-0.1, -0.05) is 48.6 Å². The monoisotopic (exact) mass is 532 g/mol. The predicted molar refractivity (Wildman–Crippen MR) is 148 cm³/mol. The van der Waals surface area contributed by atoms with E-state index < -0.39 is 10.0 Å². The molecule has 0 aliphatic carbocycles. The minimum absolute atomic E-state index is 0.0762. The first-order valence-electron chi connectivity index (χ1n) is 12.6. The summed E-state index contributed by atoms with van der Waals surface area (Å²) in [4.78, 5) is 22.4. The molecule has 0 unspecified atom stereocenters. The van der Waals surface area contributed by atoms with E-state index in [0.29, 0.717) is 44.7 Å². The molecule has 0 N–H and O–H groups in total. The van der Waals surface area contributed by atoms with Gasteiger partial charge in [0.15, 0.2) is 5.13 Å². The molecule has 2 aliphatic heterocycles. The van der Waals surface area contributed by atoms with Crippen molar-refractivity contribution in [2.24, 2.45) is 0 Å². The third-order valence-corrected chi connectivity index (χ3v) is 10.2. The van der Waals surface area contributed by atoms with Gasteiger partial charge in [0.05, 0.1) is 20.8 Å². The number of nitrogens with zero attached hydrogens (tertiary/aromatic N) is 4. The zero-order valence-corrected chi connectivity index (χ0v) is 22.3. The summed E-state index contributed by atoms with van der Waals surface area (Å²) in [7, 11) is -3.68. The van der Waals surface area contributed by atoms with E-state index >= 15 is 0 Å². The summed E-state index contributed by atoms with van der Waals surface area (Å²) < 4.78 is 29.2. The van der Waals surface area contributed by atoms with Crippen LogP contribution in [0.3, 0.4) is 0 Å². The molecule has 1 aromatic heterocycles. The van der Waals surface area contributed by atoms with Gasteiger partial charge in [0.25, 0.3) is 15.9 Å². The minimum atomic E-state index is -3.68. The number of carbonyl (C=O) groups is 1. The molecule has 0 bridgehead atoms. The van der Waals surface area contributed by atoms with Crippen LogP contribution >= 0.6 is 11.3 Å². The van der Waals surface area contributed by atoms with Gasteiger partial charge in [-0.25, -0.2) is 13.4 Å². The highest BCUT2D eigenvalue weighted by Gasteiger charge is 2.31.